The van der Waals surface area contributed by atoms with Gasteiger partial charge in [-0.15, -0.1) is 11.3 Å². The van der Waals surface area contributed by atoms with E-state index in [1.165, 1.54) is 42.1 Å². The predicted molar refractivity (Wildman–Crippen MR) is 446 cm³/mol. The van der Waals surface area contributed by atoms with Gasteiger partial charge in [0, 0.05) is 83.4 Å². The number of aromatic nitrogens is 12. The zero-order valence-corrected chi connectivity index (χ0v) is 68.5. The molecule has 32 nitrogen and oxygen atoms in total. The molecular weight excluding hydrogens is 1750 g/mol. The number of carbonyl (C=O) groups is 3. The van der Waals surface area contributed by atoms with Crippen LogP contribution in [0.3, 0.4) is 0 Å². The molecule has 622 valence electrons. The van der Waals surface area contributed by atoms with Gasteiger partial charge in [-0.1, -0.05) is 67.4 Å². The molecule has 3 aromatic carbocycles. The number of anilines is 8. The van der Waals surface area contributed by atoms with Gasteiger partial charge in [-0.3, -0.25) is 42.3 Å². The topological polar surface area (TPSA) is 456 Å². The second kappa shape index (κ2) is 37.3. The lowest BCUT2D eigenvalue weighted by Crippen LogP contribution is -2.32. The molecule has 12 aromatic rings. The predicted octanol–water partition coefficient (Wildman–Crippen LogP) is 11.2. The van der Waals surface area contributed by atoms with Gasteiger partial charge in [-0.25, -0.2) is 49.4 Å². The van der Waals surface area contributed by atoms with Gasteiger partial charge < -0.3 is 62.8 Å². The van der Waals surface area contributed by atoms with Crippen LogP contribution in [0.25, 0.3) is 22.1 Å². The molecule has 0 saturated heterocycles. The smallest absolute Gasteiger partial charge is 0.394 e. The van der Waals surface area contributed by atoms with Gasteiger partial charge in [0.2, 0.25) is 5.82 Å². The summed E-state index contributed by atoms with van der Waals surface area (Å²) in [5.41, 5.74) is 9.99. The van der Waals surface area contributed by atoms with E-state index in [0.29, 0.717) is 45.4 Å². The molecule has 6 atom stereocenters. The maximum Gasteiger partial charge on any atom is 0.418 e. The summed E-state index contributed by atoms with van der Waals surface area (Å²) in [4.78, 5) is 99.2. The monoisotopic (exact) mass is 1830 g/mol. The summed E-state index contributed by atoms with van der Waals surface area (Å²) in [7, 11) is -2.77. The molecule has 9 aromatic heterocycles. The second-order valence-corrected chi connectivity index (χ2v) is 32.4. The van der Waals surface area contributed by atoms with Crippen molar-refractivity contribution < 1.29 is 64.3 Å². The lowest BCUT2D eigenvalue weighted by Gasteiger charge is -2.17. The number of aliphatic hydroxyl groups is 3. The summed E-state index contributed by atoms with van der Waals surface area (Å²) < 4.78 is 99.2. The Kier molecular flexibility index (Phi) is 27.3. The molecule has 2 aliphatic carbocycles. The Hall–Kier alpha value is -11.4. The molecular formula is C77H75Cl2F5IN21O11S2. The number of fused-ring (bicyclic) bond motifs is 4. The highest BCUT2D eigenvalue weighted by Crippen LogP contribution is 2.42. The van der Waals surface area contributed by atoms with Gasteiger partial charge >= 0.3 is 16.5 Å². The average Bonchev–Trinajstić information content (AvgIpc) is 1.64. The average molecular weight is 1830 g/mol. The molecule has 3 aliphatic rings. The first-order valence-electron chi connectivity index (χ1n) is 36.3. The van der Waals surface area contributed by atoms with E-state index in [9.17, 15) is 64.6 Å². The molecule has 0 bridgehead atoms. The van der Waals surface area contributed by atoms with E-state index >= 15 is 0 Å². The fraction of sp³-hybridized carbons (Fsp3) is 0.273. The zero-order valence-electron chi connectivity index (χ0n) is 63.2. The SMILES string of the molecule is CC1(C)CNc2cc(NC(=O)c3cccnc3NCc3ccncc3)ccc21.C[C@@H](NC(=O)c1ncnc(N)c1Cl)c1ncc(C(=O)Nc2cc(C(F)(F)F)c(Cl)cn2)s1.Cn1c(=O)c(F)c(Nc2ccc(I)cc2F)c2c(=O)n(C[C@@H](O)CO)cnc21.NS(=O)(=O)OC[C@@H]1C[C@@H](n2ccc3c(N[C@H]4CCc5ccccc54)ncnc32)C[C@@H]1O. The number of alkyl halides is 3. The van der Waals surface area contributed by atoms with Crippen molar-refractivity contribution in [2.24, 2.45) is 18.1 Å². The molecule has 119 heavy (non-hydrogen) atoms. The van der Waals surface area contributed by atoms with Crippen molar-refractivity contribution in [2.75, 3.05) is 57.4 Å². The van der Waals surface area contributed by atoms with E-state index in [2.05, 4.69) is 126 Å². The maximum atomic E-state index is 14.7. The Bertz CT molecular complexity index is 6040. The molecule has 42 heteroatoms. The lowest BCUT2D eigenvalue weighted by atomic mass is 9.87. The summed E-state index contributed by atoms with van der Waals surface area (Å²) >= 11 is 14.3. The molecule has 0 radical (unpaired) electrons. The largest absolute Gasteiger partial charge is 0.418 e. The van der Waals surface area contributed by atoms with E-state index in [1.807, 2.05) is 63.7 Å². The highest BCUT2D eigenvalue weighted by Gasteiger charge is 2.38. The fourth-order valence-corrected chi connectivity index (χ4v) is 15.4. The maximum absolute atomic E-state index is 14.7. The number of hydrogen-bond donors (Lipinski definition) is 12. The fourth-order valence-electron chi connectivity index (χ4n) is 13.3. The van der Waals surface area contributed by atoms with Crippen LogP contribution >= 0.6 is 57.1 Å². The quantitative estimate of drug-likeness (QED) is 0.0235. The van der Waals surface area contributed by atoms with E-state index in [1.54, 1.807) is 50.0 Å². The molecule has 3 amide bonds. The van der Waals surface area contributed by atoms with Crippen molar-refractivity contribution >= 4 is 153 Å². The number of nitrogens with zero attached hydrogens (tertiary/aromatic N) is 12. The van der Waals surface area contributed by atoms with Crippen LogP contribution < -0.4 is 59.2 Å². The van der Waals surface area contributed by atoms with Crippen LogP contribution in [-0.4, -0.2) is 132 Å². The number of nitrogens with one attached hydrogen (secondary N) is 7. The van der Waals surface area contributed by atoms with Crippen LogP contribution in [0.2, 0.25) is 10.0 Å². The summed E-state index contributed by atoms with van der Waals surface area (Å²) in [6, 6.07) is 28.2. The third-order valence-corrected chi connectivity index (χ3v) is 22.4. The third-order valence-electron chi connectivity index (χ3n) is 19.4. The second-order valence-electron chi connectivity index (χ2n) is 28.1. The Morgan fingerprint density at radius 1 is 0.857 bits per heavy atom. The van der Waals surface area contributed by atoms with Gasteiger partial charge in [-0.05, 0) is 144 Å². The number of aryl methyl sites for hydroxylation is 2. The first-order valence-corrected chi connectivity index (χ1v) is 40.4. The van der Waals surface area contributed by atoms with Gasteiger partial charge in [-0.2, -0.15) is 26.0 Å². The highest BCUT2D eigenvalue weighted by molar-refractivity contribution is 14.1. The number of carbonyl (C=O) groups excluding carboxylic acids is 3. The lowest BCUT2D eigenvalue weighted by molar-refractivity contribution is -0.137. The van der Waals surface area contributed by atoms with Crippen LogP contribution in [0, 0.1) is 21.1 Å². The van der Waals surface area contributed by atoms with Crippen molar-refractivity contribution in [3.63, 3.8) is 0 Å². The van der Waals surface area contributed by atoms with Crippen LogP contribution in [-0.2, 0) is 52.6 Å². The van der Waals surface area contributed by atoms with E-state index < -0.39 is 92.2 Å². The first-order chi connectivity index (χ1) is 56.6. The summed E-state index contributed by atoms with van der Waals surface area (Å²) in [5.74, 6) is -2.89. The number of halogens is 8. The standard InChI is InChI=1S/C22H23N5O.C21H25N5O4S.C17H12Cl2F3N7O2S.C17H15F2IN4O4/c1-22(2)14-26-19-12-16(5-6-18(19)22)27-21(28)17-4-3-9-24-20(17)25-13-15-7-10-23-11-8-15;22-31(28,29)30-11-14-9-15(10-19(14)27)26-8-7-17-20(23-12-24-21(17)26)25-18-6-5-13-3-1-2-4-16(13)18;1-6(28-15(31)12-11(19)13(23)27-5-26-12)16-25-4-9(32-16)14(30)29-10-2-7(17(20,21)22)8(18)3-24-10;1-23-15-12(16(27)24(7-21-15)5-9(26)6-25)14(13(19)17(23)28)22-11-3-2-8(20)4-10(11)18/h3-12,26H,13-14H2,1-2H3,(H,24,25)(H,27,28);1-4,7-8,12,14-15,18-19,27H,5-6,9-11H2,(H2,22,28,29)(H,23,24,25);2-6H,1H3,(H,28,31)(H2,23,26,27)(H,24,29,30);2-4,7,9,22,25-26H,5-6H2,1H3/t;14-,15+,18-,19-;6-;9-/m.011/s1. The van der Waals surface area contributed by atoms with Crippen LogP contribution in [0.5, 0.6) is 0 Å². The first kappa shape index (κ1) is 87.0. The van der Waals surface area contributed by atoms with E-state index in [4.69, 9.17) is 43.4 Å². The van der Waals surface area contributed by atoms with Crippen LogP contribution in [0.1, 0.15) is 122 Å². The van der Waals surface area contributed by atoms with Gasteiger partial charge in [0.15, 0.2) is 11.3 Å². The number of thiazole rings is 1. The molecule has 1 fully saturated rings. The molecule has 10 heterocycles. The Balaban J connectivity index is 0.000000146. The Morgan fingerprint density at radius 2 is 1.62 bits per heavy atom. The number of nitrogens with two attached hydrogens (primary N) is 2. The van der Waals surface area contributed by atoms with Crippen LogP contribution in [0.15, 0.2) is 163 Å². The number of amides is 3. The normalized spacial score (nSPS) is 16.2. The molecule has 0 unspecified atom stereocenters. The third kappa shape index (κ3) is 20.9. The van der Waals surface area contributed by atoms with Crippen molar-refractivity contribution in [3.05, 3.63) is 248 Å². The minimum Gasteiger partial charge on any atom is -0.394 e. The highest BCUT2D eigenvalue weighted by atomic mass is 127. The van der Waals surface area contributed by atoms with Crippen molar-refractivity contribution in [2.45, 2.75) is 101 Å². The summed E-state index contributed by atoms with van der Waals surface area (Å²) in [6.07, 6.45) is 9.35. The van der Waals surface area contributed by atoms with Crippen molar-refractivity contribution in [1.29, 1.82) is 0 Å². The molecule has 1 aliphatic heterocycles. The number of benzene rings is 3. The number of nitrogen functional groups attached to an aromatic ring is 1. The number of pyridine rings is 4. The van der Waals surface area contributed by atoms with Crippen molar-refractivity contribution in [1.82, 2.24) is 63.9 Å². The van der Waals surface area contributed by atoms with Gasteiger partial charge in [0.1, 0.15) is 74.0 Å². The minimum atomic E-state index is -4.71. The number of rotatable bonds is 21. The minimum absolute atomic E-state index is 0.0171. The molecule has 1 saturated carbocycles. The van der Waals surface area contributed by atoms with Gasteiger partial charge in [0.25, 0.3) is 28.8 Å². The zero-order chi connectivity index (χ0) is 85.4. The molecule has 0 spiro atoms. The molecule has 14 N–H and O–H groups in total. The van der Waals surface area contributed by atoms with E-state index in [0.717, 1.165) is 92.5 Å². The van der Waals surface area contributed by atoms with Gasteiger partial charge in [0.05, 0.1) is 83.2 Å². The summed E-state index contributed by atoms with van der Waals surface area (Å²) in [6.45, 7) is 6.47. The van der Waals surface area contributed by atoms with Crippen LogP contribution in [0.4, 0.5) is 68.0 Å². The Labute approximate surface area is 701 Å². The Morgan fingerprint density at radius 3 is 2.37 bits per heavy atom. The number of hydrogen-bond acceptors (Lipinski definition) is 26. The number of aliphatic hydroxyl groups excluding tert-OH is 3. The van der Waals surface area contributed by atoms with E-state index in [-0.39, 0.29) is 86.4 Å². The summed E-state index contributed by atoms with van der Waals surface area (Å²) in [5, 5.41) is 54.7. The van der Waals surface area contributed by atoms with Crippen molar-refractivity contribution in [3.8, 4) is 0 Å². The molecule has 15 rings (SSSR count).